The predicted octanol–water partition coefficient (Wildman–Crippen LogP) is -0.511. The summed E-state index contributed by atoms with van der Waals surface area (Å²) in [6.07, 6.45) is -0.665. The molecule has 2 rings (SSSR count). The molecular formula is C12H15Cl2N3O3. The molecule has 0 saturated carbocycles. The normalized spacial score (nSPS) is 15.9. The van der Waals surface area contributed by atoms with Gasteiger partial charge in [0, 0.05) is 0 Å². The van der Waals surface area contributed by atoms with Crippen LogP contribution in [0.3, 0.4) is 0 Å². The first-order valence-corrected chi connectivity index (χ1v) is 6.76. The number of nitrogens with one attached hydrogen (secondary N) is 1. The van der Waals surface area contributed by atoms with Gasteiger partial charge in [0.15, 0.2) is 0 Å². The van der Waals surface area contributed by atoms with Crippen LogP contribution in [0.25, 0.3) is 0 Å². The van der Waals surface area contributed by atoms with E-state index in [0.717, 1.165) is 0 Å². The topological polar surface area (TPSA) is 86.4 Å². The van der Waals surface area contributed by atoms with E-state index in [1.807, 2.05) is 0 Å². The highest BCUT2D eigenvalue weighted by molar-refractivity contribution is 6.41. The van der Waals surface area contributed by atoms with Crippen LogP contribution in [0.1, 0.15) is 0 Å². The Balaban J connectivity index is 2.28. The van der Waals surface area contributed by atoms with E-state index < -0.39 is 11.9 Å². The average Bonchev–Trinajstić information content (AvgIpc) is 2.79. The molecule has 0 spiro atoms. The average molecular weight is 320 g/mol. The molecule has 0 fully saturated rings. The SMILES string of the molecule is CNC1(COC(CO)CO)N=c2cc(Cl)c(Cl)cc2=N1. The van der Waals surface area contributed by atoms with E-state index in [9.17, 15) is 0 Å². The third-order valence-electron chi connectivity index (χ3n) is 2.96. The molecule has 0 atom stereocenters. The maximum atomic E-state index is 9.00. The van der Waals surface area contributed by atoms with Crippen molar-refractivity contribution in [2.75, 3.05) is 26.9 Å². The van der Waals surface area contributed by atoms with Crippen molar-refractivity contribution >= 4 is 23.2 Å². The Labute approximate surface area is 125 Å². The van der Waals surface area contributed by atoms with Gasteiger partial charge in [0.05, 0.1) is 34.0 Å². The van der Waals surface area contributed by atoms with Gasteiger partial charge in [0.1, 0.15) is 12.7 Å². The Morgan fingerprint density at radius 2 is 1.70 bits per heavy atom. The van der Waals surface area contributed by atoms with Crippen LogP contribution in [-0.2, 0) is 4.74 Å². The van der Waals surface area contributed by atoms with Crippen molar-refractivity contribution in [3.8, 4) is 0 Å². The summed E-state index contributed by atoms with van der Waals surface area (Å²) in [6.45, 7) is -0.485. The van der Waals surface area contributed by atoms with Gasteiger partial charge >= 0.3 is 0 Å². The molecular weight excluding hydrogens is 305 g/mol. The molecule has 1 aromatic carbocycles. The quantitative estimate of drug-likeness (QED) is 0.659. The number of rotatable bonds is 6. The second kappa shape index (κ2) is 6.34. The summed E-state index contributed by atoms with van der Waals surface area (Å²) in [5, 5.41) is 23.0. The van der Waals surface area contributed by atoms with Crippen LogP contribution in [-0.4, -0.2) is 49.0 Å². The zero-order chi connectivity index (χ0) is 14.8. The summed E-state index contributed by atoms with van der Waals surface area (Å²) in [4.78, 5) is 8.87. The van der Waals surface area contributed by atoms with Crippen molar-refractivity contribution in [3.63, 3.8) is 0 Å². The van der Waals surface area contributed by atoms with Crippen LogP contribution < -0.4 is 16.0 Å². The van der Waals surface area contributed by atoms with Gasteiger partial charge < -0.3 is 14.9 Å². The molecule has 0 saturated heterocycles. The number of ether oxygens (including phenoxy) is 1. The number of nitrogens with zero attached hydrogens (tertiary/aromatic N) is 2. The third kappa shape index (κ3) is 3.11. The van der Waals surface area contributed by atoms with Crippen LogP contribution in [0.2, 0.25) is 10.0 Å². The van der Waals surface area contributed by atoms with Crippen LogP contribution in [0, 0.1) is 0 Å². The highest BCUT2D eigenvalue weighted by Gasteiger charge is 2.31. The van der Waals surface area contributed by atoms with Gasteiger partial charge in [-0.2, -0.15) is 0 Å². The van der Waals surface area contributed by atoms with E-state index in [-0.39, 0.29) is 19.8 Å². The van der Waals surface area contributed by atoms with E-state index in [1.54, 1.807) is 19.2 Å². The number of likely N-dealkylation sites (N-methyl/N-ethyl adjacent to an activating group) is 1. The molecule has 0 unspecified atom stereocenters. The predicted molar refractivity (Wildman–Crippen MR) is 74.5 cm³/mol. The van der Waals surface area contributed by atoms with Gasteiger partial charge in [-0.05, 0) is 19.2 Å². The van der Waals surface area contributed by atoms with Gasteiger partial charge in [-0.1, -0.05) is 23.2 Å². The molecule has 1 aromatic rings. The minimum Gasteiger partial charge on any atom is -0.394 e. The molecule has 3 N–H and O–H groups in total. The van der Waals surface area contributed by atoms with Gasteiger partial charge in [0.2, 0.25) is 5.79 Å². The Bertz CT molecular complexity index is 564. The highest BCUT2D eigenvalue weighted by Crippen LogP contribution is 2.19. The Morgan fingerprint density at radius 1 is 1.20 bits per heavy atom. The molecule has 6 nitrogen and oxygen atoms in total. The monoisotopic (exact) mass is 319 g/mol. The highest BCUT2D eigenvalue weighted by atomic mass is 35.5. The maximum absolute atomic E-state index is 9.00. The number of hydrogen-bond donors (Lipinski definition) is 3. The molecule has 1 aliphatic rings. The number of fused-ring (bicyclic) bond motifs is 1. The van der Waals surface area contributed by atoms with Crippen LogP contribution in [0.5, 0.6) is 0 Å². The van der Waals surface area contributed by atoms with Crippen molar-refractivity contribution in [3.05, 3.63) is 32.9 Å². The fourth-order valence-corrected chi connectivity index (χ4v) is 2.09. The summed E-state index contributed by atoms with van der Waals surface area (Å²) in [5.41, 5.74) is 0. The Hall–Kier alpha value is -0.760. The largest absolute Gasteiger partial charge is 0.394 e. The summed E-state index contributed by atoms with van der Waals surface area (Å²) >= 11 is 11.9. The molecule has 0 aromatic heterocycles. The van der Waals surface area contributed by atoms with E-state index in [2.05, 4.69) is 15.3 Å². The third-order valence-corrected chi connectivity index (χ3v) is 3.68. The molecule has 0 radical (unpaired) electrons. The lowest BCUT2D eigenvalue weighted by atomic mass is 10.3. The minimum atomic E-state index is -1.00. The number of hydrogen-bond acceptors (Lipinski definition) is 6. The summed E-state index contributed by atoms with van der Waals surface area (Å²) < 4.78 is 5.39. The van der Waals surface area contributed by atoms with Crippen molar-refractivity contribution in [2.24, 2.45) is 9.98 Å². The van der Waals surface area contributed by atoms with Crippen molar-refractivity contribution < 1.29 is 14.9 Å². The standard InChI is InChI=1S/C12H15Cl2N3O3/c1-15-12(6-20-7(4-18)5-19)16-10-2-8(13)9(14)3-11(10)17-12/h2-3,7,15,18-19H,4-6H2,1H3. The van der Waals surface area contributed by atoms with E-state index in [1.165, 1.54) is 0 Å². The number of benzene rings is 1. The van der Waals surface area contributed by atoms with Crippen molar-refractivity contribution in [1.82, 2.24) is 5.32 Å². The molecule has 110 valence electrons. The van der Waals surface area contributed by atoms with Crippen LogP contribution >= 0.6 is 23.2 Å². The summed E-state index contributed by atoms with van der Waals surface area (Å²) in [6, 6.07) is 3.27. The maximum Gasteiger partial charge on any atom is 0.229 e. The molecule has 1 heterocycles. The Kier molecular flexibility index (Phi) is 4.95. The van der Waals surface area contributed by atoms with Crippen molar-refractivity contribution in [1.29, 1.82) is 0 Å². The van der Waals surface area contributed by atoms with E-state index >= 15 is 0 Å². The number of aliphatic hydroxyl groups is 2. The minimum absolute atomic E-state index is 0.0687. The first-order chi connectivity index (χ1) is 9.53. The zero-order valence-corrected chi connectivity index (χ0v) is 12.3. The zero-order valence-electron chi connectivity index (χ0n) is 10.8. The van der Waals surface area contributed by atoms with Gasteiger partial charge in [-0.15, -0.1) is 0 Å². The lowest BCUT2D eigenvalue weighted by Gasteiger charge is -2.24. The molecule has 20 heavy (non-hydrogen) atoms. The number of halogens is 2. The fourth-order valence-electron chi connectivity index (χ4n) is 1.77. The van der Waals surface area contributed by atoms with Crippen LogP contribution in [0.4, 0.5) is 0 Å². The first kappa shape index (κ1) is 15.6. The van der Waals surface area contributed by atoms with Gasteiger partial charge in [-0.25, -0.2) is 9.98 Å². The van der Waals surface area contributed by atoms with Gasteiger partial charge in [0.25, 0.3) is 0 Å². The second-order valence-corrected chi connectivity index (χ2v) is 5.16. The second-order valence-electron chi connectivity index (χ2n) is 4.34. The molecule has 0 aliphatic carbocycles. The number of aliphatic hydroxyl groups excluding tert-OH is 2. The summed E-state index contributed by atoms with van der Waals surface area (Å²) in [5.74, 6) is -1.00. The molecule has 0 bridgehead atoms. The lowest BCUT2D eigenvalue weighted by Crippen LogP contribution is -2.45. The first-order valence-electron chi connectivity index (χ1n) is 6.00. The Morgan fingerprint density at radius 3 is 2.10 bits per heavy atom. The van der Waals surface area contributed by atoms with Gasteiger partial charge in [-0.3, -0.25) is 5.32 Å². The van der Waals surface area contributed by atoms with E-state index in [4.69, 9.17) is 38.2 Å². The summed E-state index contributed by atoms with van der Waals surface area (Å²) in [7, 11) is 1.69. The van der Waals surface area contributed by atoms with Crippen LogP contribution in [0.15, 0.2) is 22.1 Å². The smallest absolute Gasteiger partial charge is 0.229 e. The lowest BCUT2D eigenvalue weighted by molar-refractivity contribution is -0.0411. The molecule has 0 amide bonds. The van der Waals surface area contributed by atoms with E-state index in [0.29, 0.717) is 20.8 Å². The molecule has 1 aliphatic heterocycles. The fraction of sp³-hybridized carbons (Fsp3) is 0.500. The molecule has 8 heteroatoms. The van der Waals surface area contributed by atoms with Crippen molar-refractivity contribution in [2.45, 2.75) is 11.9 Å².